The molecule has 2 bridgehead atoms. The summed E-state index contributed by atoms with van der Waals surface area (Å²) >= 11 is 1.40. The zero-order valence-corrected chi connectivity index (χ0v) is 16.4. The van der Waals surface area contributed by atoms with Crippen LogP contribution in [0, 0.1) is 0 Å². The number of fused-ring (bicyclic) bond motifs is 3. The lowest BCUT2D eigenvalue weighted by atomic mass is 9.86. The van der Waals surface area contributed by atoms with E-state index < -0.39 is 0 Å². The first-order valence-electron chi connectivity index (χ1n) is 9.55. The number of nitrogens with two attached hydrogens (primary N) is 1. The van der Waals surface area contributed by atoms with Gasteiger partial charge in [-0.05, 0) is 32.6 Å². The van der Waals surface area contributed by atoms with Gasteiger partial charge in [-0.3, -0.25) is 4.79 Å². The van der Waals surface area contributed by atoms with Crippen LogP contribution in [0.1, 0.15) is 59.6 Å². The van der Waals surface area contributed by atoms with Gasteiger partial charge in [0.1, 0.15) is 10.8 Å². The van der Waals surface area contributed by atoms with E-state index in [1.165, 1.54) is 24.2 Å². The van der Waals surface area contributed by atoms with Crippen molar-refractivity contribution in [2.45, 2.75) is 57.2 Å². The molecule has 9 heteroatoms. The molecule has 3 aromatic rings. The van der Waals surface area contributed by atoms with E-state index in [0.717, 1.165) is 29.0 Å². The Kier molecular flexibility index (Phi) is 4.18. The van der Waals surface area contributed by atoms with Gasteiger partial charge in [-0.15, -0.1) is 11.3 Å². The van der Waals surface area contributed by atoms with Gasteiger partial charge in [-0.25, -0.2) is 9.97 Å². The highest BCUT2D eigenvalue weighted by Crippen LogP contribution is 2.40. The van der Waals surface area contributed by atoms with Crippen LogP contribution < -0.4 is 11.1 Å². The molecule has 5 heterocycles. The molecule has 5 rings (SSSR count). The van der Waals surface area contributed by atoms with Gasteiger partial charge in [0, 0.05) is 24.2 Å². The zero-order valence-electron chi connectivity index (χ0n) is 15.6. The Balaban J connectivity index is 1.68. The quantitative estimate of drug-likeness (QED) is 0.576. The third-order valence-electron chi connectivity index (χ3n) is 5.88. The molecule has 0 aromatic carbocycles. The number of nitrogens with one attached hydrogen (secondary N) is 1. The van der Waals surface area contributed by atoms with Crippen LogP contribution in [-0.4, -0.2) is 42.6 Å². The second-order valence-corrected chi connectivity index (χ2v) is 8.80. The summed E-state index contributed by atoms with van der Waals surface area (Å²) < 4.78 is 1.55. The van der Waals surface area contributed by atoms with E-state index in [9.17, 15) is 9.90 Å². The van der Waals surface area contributed by atoms with Crippen molar-refractivity contribution < 1.29 is 9.90 Å². The molecule has 0 aliphatic carbocycles. The predicted molar refractivity (Wildman–Crippen MR) is 106 cm³/mol. The fraction of sp³-hybridized carbons (Fsp3) is 0.474. The average Bonchev–Trinajstić information content (AvgIpc) is 3.39. The van der Waals surface area contributed by atoms with Gasteiger partial charge >= 0.3 is 0 Å². The molecule has 0 amide bonds. The van der Waals surface area contributed by atoms with E-state index in [0.29, 0.717) is 34.1 Å². The second kappa shape index (κ2) is 6.61. The normalized spacial score (nSPS) is 24.1. The Morgan fingerprint density at radius 2 is 2.11 bits per heavy atom. The molecule has 8 nitrogen and oxygen atoms in total. The summed E-state index contributed by atoms with van der Waals surface area (Å²) in [7, 11) is 0. The Bertz CT molecular complexity index is 1060. The summed E-state index contributed by atoms with van der Waals surface area (Å²) in [6, 6.07) is 0.974. The van der Waals surface area contributed by atoms with Crippen LogP contribution in [0.4, 0.5) is 5.82 Å². The zero-order chi connectivity index (χ0) is 19.4. The lowest BCUT2D eigenvalue weighted by molar-refractivity contribution is 0.101. The number of carbonyl (C=O) groups is 1. The number of aromatic nitrogens is 4. The predicted octanol–water partition coefficient (Wildman–Crippen LogP) is 2.13. The highest BCUT2D eigenvalue weighted by molar-refractivity contribution is 7.15. The van der Waals surface area contributed by atoms with E-state index >= 15 is 0 Å². The summed E-state index contributed by atoms with van der Waals surface area (Å²) in [5, 5.41) is 18.0. The fourth-order valence-corrected chi connectivity index (χ4v) is 5.43. The van der Waals surface area contributed by atoms with Gasteiger partial charge in [-0.2, -0.15) is 9.61 Å². The van der Waals surface area contributed by atoms with Crippen LogP contribution in [-0.2, 0) is 6.61 Å². The SMILES string of the molecule is CC(=O)c1c(C2CC3CCC(C2)N3)nc2c(-c3cnc(CO)s3)cnn2c1N. The molecule has 4 N–H and O–H groups in total. The third-order valence-corrected chi connectivity index (χ3v) is 6.89. The first-order chi connectivity index (χ1) is 13.5. The van der Waals surface area contributed by atoms with Crippen LogP contribution in [0.5, 0.6) is 0 Å². The number of rotatable bonds is 4. The van der Waals surface area contributed by atoms with Gasteiger partial charge in [0.25, 0.3) is 0 Å². The number of thiazole rings is 1. The first-order valence-corrected chi connectivity index (χ1v) is 10.4. The summed E-state index contributed by atoms with van der Waals surface area (Å²) in [6.45, 7) is 1.44. The first kappa shape index (κ1) is 17.7. The van der Waals surface area contributed by atoms with Crippen LogP contribution in [0.25, 0.3) is 16.1 Å². The minimum atomic E-state index is -0.100. The number of ketones is 1. The van der Waals surface area contributed by atoms with Crippen molar-refractivity contribution in [2.75, 3.05) is 5.73 Å². The number of Topliss-reactive ketones (excluding diaryl/α,β-unsaturated/α-hetero) is 1. The van der Waals surface area contributed by atoms with Crippen molar-refractivity contribution in [3.63, 3.8) is 0 Å². The topological polar surface area (TPSA) is 118 Å². The molecule has 0 spiro atoms. The Morgan fingerprint density at radius 1 is 1.36 bits per heavy atom. The van der Waals surface area contributed by atoms with E-state index in [-0.39, 0.29) is 18.3 Å². The molecule has 2 aliphatic heterocycles. The van der Waals surface area contributed by atoms with Crippen molar-refractivity contribution in [1.29, 1.82) is 0 Å². The third kappa shape index (κ3) is 2.73. The van der Waals surface area contributed by atoms with Crippen molar-refractivity contribution >= 4 is 28.6 Å². The fourth-order valence-electron chi connectivity index (χ4n) is 4.65. The number of anilines is 1. The van der Waals surface area contributed by atoms with E-state index in [2.05, 4.69) is 15.4 Å². The Labute approximate surface area is 165 Å². The molecule has 2 unspecified atom stereocenters. The Morgan fingerprint density at radius 3 is 2.75 bits per heavy atom. The molecule has 2 fully saturated rings. The minimum absolute atomic E-state index is 0.0785. The number of carbonyl (C=O) groups excluding carboxylic acids is 1. The summed E-state index contributed by atoms with van der Waals surface area (Å²) in [6.07, 6.45) is 7.71. The smallest absolute Gasteiger partial charge is 0.166 e. The monoisotopic (exact) mass is 398 g/mol. The number of hydrogen-bond acceptors (Lipinski definition) is 8. The molecule has 146 valence electrons. The van der Waals surface area contributed by atoms with Gasteiger partial charge < -0.3 is 16.2 Å². The molecule has 2 aliphatic rings. The van der Waals surface area contributed by atoms with Crippen molar-refractivity contribution in [2.24, 2.45) is 0 Å². The van der Waals surface area contributed by atoms with Crippen LogP contribution in [0.15, 0.2) is 12.4 Å². The van der Waals surface area contributed by atoms with Gasteiger partial charge in [0.05, 0.1) is 34.5 Å². The summed E-state index contributed by atoms with van der Waals surface area (Å²) in [4.78, 5) is 22.5. The van der Waals surface area contributed by atoms with E-state index in [1.807, 2.05) is 0 Å². The van der Waals surface area contributed by atoms with E-state index in [1.54, 1.807) is 23.8 Å². The maximum absolute atomic E-state index is 12.5. The molecular formula is C19H22N6O2S. The van der Waals surface area contributed by atoms with Crippen LogP contribution in [0.3, 0.4) is 0 Å². The van der Waals surface area contributed by atoms with Crippen molar-refractivity contribution in [3.05, 3.63) is 28.7 Å². The van der Waals surface area contributed by atoms with Gasteiger partial charge in [-0.1, -0.05) is 0 Å². The van der Waals surface area contributed by atoms with E-state index in [4.69, 9.17) is 10.7 Å². The second-order valence-electron chi connectivity index (χ2n) is 7.69. The minimum Gasteiger partial charge on any atom is -0.389 e. The standard InChI is InChI=1S/C19H22N6O2S/c1-9(27)16-17(10-4-11-2-3-12(5-10)23-11)24-19-13(6-22-25(19)18(16)20)14-7-21-15(8-26)28-14/h6-7,10-12,23,26H,2-5,8,20H2,1H3. The van der Waals surface area contributed by atoms with Crippen LogP contribution >= 0.6 is 11.3 Å². The molecular weight excluding hydrogens is 376 g/mol. The highest BCUT2D eigenvalue weighted by atomic mass is 32.1. The number of aliphatic hydroxyl groups excluding tert-OH is 1. The van der Waals surface area contributed by atoms with Crippen molar-refractivity contribution in [3.8, 4) is 10.4 Å². The van der Waals surface area contributed by atoms with Gasteiger partial charge in [0.2, 0.25) is 0 Å². The lowest BCUT2D eigenvalue weighted by Crippen LogP contribution is -2.38. The molecule has 0 saturated carbocycles. The molecule has 2 saturated heterocycles. The number of aliphatic hydroxyl groups is 1. The number of nitrogens with zero attached hydrogens (tertiary/aromatic N) is 4. The largest absolute Gasteiger partial charge is 0.389 e. The number of hydrogen-bond donors (Lipinski definition) is 3. The summed E-state index contributed by atoms with van der Waals surface area (Å²) in [5.41, 5.74) is 9.15. The maximum atomic E-state index is 12.5. The Hall–Kier alpha value is -2.36. The molecule has 28 heavy (non-hydrogen) atoms. The van der Waals surface area contributed by atoms with Gasteiger partial charge in [0.15, 0.2) is 11.4 Å². The molecule has 0 radical (unpaired) electrons. The average molecular weight is 398 g/mol. The summed E-state index contributed by atoms with van der Waals surface area (Å²) in [5.74, 6) is 0.476. The number of piperidine rings is 1. The van der Waals surface area contributed by atoms with Crippen molar-refractivity contribution in [1.82, 2.24) is 24.9 Å². The highest BCUT2D eigenvalue weighted by Gasteiger charge is 2.37. The molecule has 2 atom stereocenters. The van der Waals surface area contributed by atoms with Crippen LogP contribution in [0.2, 0.25) is 0 Å². The number of nitrogen functional groups attached to an aromatic ring is 1. The maximum Gasteiger partial charge on any atom is 0.166 e. The lowest BCUT2D eigenvalue weighted by Gasteiger charge is -2.30. The molecule has 3 aromatic heterocycles.